The number of nitrogens with zero attached hydrogens (tertiary/aromatic N) is 1. The number of aryl methyl sites for hydroxylation is 2. The number of methoxy groups -OCH3 is 3. The molecule has 0 saturated heterocycles. The summed E-state index contributed by atoms with van der Waals surface area (Å²) in [5.74, 6) is 0.687. The van der Waals surface area contributed by atoms with E-state index in [0.717, 1.165) is 14.7 Å². The van der Waals surface area contributed by atoms with Gasteiger partial charge in [0.2, 0.25) is 5.75 Å². The van der Waals surface area contributed by atoms with Crippen molar-refractivity contribution in [2.75, 3.05) is 27.9 Å². The van der Waals surface area contributed by atoms with Crippen LogP contribution in [-0.4, -0.2) is 46.0 Å². The molecule has 0 aliphatic heterocycles. The van der Waals surface area contributed by atoms with E-state index in [-0.39, 0.29) is 17.9 Å². The predicted molar refractivity (Wildman–Crippen MR) is 163 cm³/mol. The van der Waals surface area contributed by atoms with Crippen molar-refractivity contribution < 1.29 is 33.3 Å². The number of benzene rings is 3. The topological polar surface area (TPSA) is 105 Å². The normalized spacial score (nSPS) is 10.8. The van der Waals surface area contributed by atoms with Gasteiger partial charge in [0.05, 0.1) is 37.6 Å². The third-order valence-corrected chi connectivity index (χ3v) is 6.97. The van der Waals surface area contributed by atoms with Crippen molar-refractivity contribution in [1.82, 2.24) is 5.43 Å². The summed E-state index contributed by atoms with van der Waals surface area (Å²) in [6.07, 6.45) is 1.37. The maximum atomic E-state index is 13.1. The molecule has 206 valence electrons. The fraction of sp³-hybridized carbons (Fsp3) is 0.222. The molecule has 0 aromatic heterocycles. The van der Waals surface area contributed by atoms with Crippen molar-refractivity contribution >= 4 is 72.5 Å². The number of nitrogens with one attached hydrogen (secondary N) is 1. The van der Waals surface area contributed by atoms with Crippen LogP contribution in [0.25, 0.3) is 0 Å². The highest BCUT2D eigenvalue weighted by Gasteiger charge is 2.20. The predicted octanol–water partition coefficient (Wildman–Crippen LogP) is 6.21. The van der Waals surface area contributed by atoms with Gasteiger partial charge in [0.15, 0.2) is 23.9 Å². The molecule has 0 saturated carbocycles. The number of hydrogen-bond acceptors (Lipinski definition) is 8. The van der Waals surface area contributed by atoms with Crippen LogP contribution in [0.1, 0.15) is 27.0 Å². The van der Waals surface area contributed by atoms with E-state index >= 15 is 0 Å². The minimum Gasteiger partial charge on any atom is -0.493 e. The first kappa shape index (κ1) is 30.7. The van der Waals surface area contributed by atoms with Crippen LogP contribution in [0.3, 0.4) is 0 Å². The molecule has 0 bridgehead atoms. The van der Waals surface area contributed by atoms with Gasteiger partial charge in [-0.25, -0.2) is 10.2 Å². The van der Waals surface area contributed by atoms with Crippen LogP contribution in [-0.2, 0) is 4.79 Å². The number of amides is 1. The van der Waals surface area contributed by atoms with Crippen LogP contribution in [0.4, 0.5) is 0 Å². The lowest BCUT2D eigenvalue weighted by molar-refractivity contribution is -0.123. The second kappa shape index (κ2) is 14.0. The third-order valence-electron chi connectivity index (χ3n) is 5.30. The minimum absolute atomic E-state index is 0.175. The van der Waals surface area contributed by atoms with E-state index in [1.54, 1.807) is 12.1 Å². The fourth-order valence-corrected chi connectivity index (χ4v) is 5.88. The number of hydrazone groups is 1. The molecule has 1 amide bonds. The number of carbonyl (C=O) groups is 2. The lowest BCUT2D eigenvalue weighted by atomic mass is 10.1. The fourth-order valence-electron chi connectivity index (χ4n) is 3.60. The number of halogens is 3. The third kappa shape index (κ3) is 7.85. The summed E-state index contributed by atoms with van der Waals surface area (Å²) in [7, 11) is 4.38. The van der Waals surface area contributed by atoms with Crippen LogP contribution in [0.5, 0.6) is 28.7 Å². The minimum atomic E-state index is -0.673. The summed E-state index contributed by atoms with van der Waals surface area (Å²) in [5.41, 5.74) is 4.90. The quantitative estimate of drug-likeness (QED) is 0.0860. The molecule has 0 fully saturated rings. The smallest absolute Gasteiger partial charge is 0.343 e. The monoisotopic (exact) mass is 774 g/mol. The molecule has 1 N–H and O–H groups in total. The van der Waals surface area contributed by atoms with Crippen LogP contribution in [0.2, 0.25) is 0 Å². The Hall–Kier alpha value is -2.84. The molecule has 0 aliphatic rings. The van der Waals surface area contributed by atoms with Gasteiger partial charge >= 0.3 is 5.97 Å². The Morgan fingerprint density at radius 1 is 0.897 bits per heavy atom. The van der Waals surface area contributed by atoms with Crippen molar-refractivity contribution in [3.05, 3.63) is 71.2 Å². The van der Waals surface area contributed by atoms with Crippen molar-refractivity contribution in [1.29, 1.82) is 0 Å². The van der Waals surface area contributed by atoms with Gasteiger partial charge in [-0.2, -0.15) is 5.10 Å². The van der Waals surface area contributed by atoms with Gasteiger partial charge in [-0.1, -0.05) is 15.9 Å². The highest BCUT2D eigenvalue weighted by molar-refractivity contribution is 14.1. The molecule has 9 nitrogen and oxygen atoms in total. The Morgan fingerprint density at radius 2 is 1.51 bits per heavy atom. The van der Waals surface area contributed by atoms with Crippen molar-refractivity contribution in [3.63, 3.8) is 0 Å². The zero-order valence-electron chi connectivity index (χ0n) is 21.7. The van der Waals surface area contributed by atoms with Gasteiger partial charge in [-0.3, -0.25) is 4.79 Å². The highest BCUT2D eigenvalue weighted by Crippen LogP contribution is 2.39. The Bertz CT molecular complexity index is 1380. The number of rotatable bonds is 10. The average molecular weight is 776 g/mol. The number of carbonyl (C=O) groups excluding carboxylic acids is 2. The van der Waals surface area contributed by atoms with Gasteiger partial charge < -0.3 is 23.7 Å². The van der Waals surface area contributed by atoms with Crippen molar-refractivity contribution in [3.8, 4) is 28.7 Å². The summed E-state index contributed by atoms with van der Waals surface area (Å²) in [5, 5.41) is 4.02. The molecule has 3 rings (SSSR count). The summed E-state index contributed by atoms with van der Waals surface area (Å²) >= 11 is 9.07. The van der Waals surface area contributed by atoms with Crippen LogP contribution >= 0.6 is 54.5 Å². The first-order valence-corrected chi connectivity index (χ1v) is 14.0. The molecule has 0 unspecified atom stereocenters. The molecule has 3 aromatic rings. The van der Waals surface area contributed by atoms with E-state index < -0.39 is 11.9 Å². The molecule has 0 atom stereocenters. The summed E-state index contributed by atoms with van der Waals surface area (Å²) in [6, 6.07) is 10.3. The average Bonchev–Trinajstić information content (AvgIpc) is 2.88. The van der Waals surface area contributed by atoms with Crippen molar-refractivity contribution in [2.45, 2.75) is 13.8 Å². The lowest BCUT2D eigenvalue weighted by Crippen LogP contribution is -2.25. The van der Waals surface area contributed by atoms with Crippen molar-refractivity contribution in [2.24, 2.45) is 5.10 Å². The molecular formula is C27H25Br2IN2O7. The molecule has 0 radical (unpaired) electrons. The molecule has 12 heteroatoms. The maximum Gasteiger partial charge on any atom is 0.343 e. The number of ether oxygens (including phenoxy) is 5. The highest BCUT2D eigenvalue weighted by atomic mass is 127. The van der Waals surface area contributed by atoms with E-state index in [2.05, 4.69) is 65.0 Å². The first-order valence-electron chi connectivity index (χ1n) is 11.3. The van der Waals surface area contributed by atoms with E-state index in [1.807, 2.05) is 26.0 Å². The first-order chi connectivity index (χ1) is 18.6. The summed E-state index contributed by atoms with van der Waals surface area (Å²) in [4.78, 5) is 25.4. The Balaban J connectivity index is 1.76. The molecule has 0 spiro atoms. The largest absolute Gasteiger partial charge is 0.493 e. The number of hydrogen-bond donors (Lipinski definition) is 1. The standard InChI is InChI=1S/C27H25Br2IN2O7/c1-14-6-19(30)7-15(2)24(14)38-13-23(33)32-31-12-17-8-18(28)11-20(29)25(17)39-27(34)16-9-21(35-3)26(37-5)22(10-16)36-4/h6-12H,13H2,1-5H3,(H,32,33). The zero-order chi connectivity index (χ0) is 28.7. The summed E-state index contributed by atoms with van der Waals surface area (Å²) < 4.78 is 29.6. The second-order valence-corrected chi connectivity index (χ2v) is 11.1. The molecule has 0 heterocycles. The molecular weight excluding hydrogens is 751 g/mol. The van der Waals surface area contributed by atoms with E-state index in [4.69, 9.17) is 23.7 Å². The second-order valence-electron chi connectivity index (χ2n) is 8.06. The summed E-state index contributed by atoms with van der Waals surface area (Å²) in [6.45, 7) is 3.63. The maximum absolute atomic E-state index is 13.1. The molecule has 0 aliphatic carbocycles. The van der Waals surface area contributed by atoms with Gasteiger partial charge in [0, 0.05) is 13.6 Å². The van der Waals surface area contributed by atoms with Crippen LogP contribution < -0.4 is 29.1 Å². The molecule has 3 aromatic carbocycles. The van der Waals surface area contributed by atoms with E-state index in [9.17, 15) is 9.59 Å². The van der Waals surface area contributed by atoms with E-state index in [1.165, 1.54) is 39.7 Å². The zero-order valence-corrected chi connectivity index (χ0v) is 27.0. The van der Waals surface area contributed by atoms with Gasteiger partial charge in [0.25, 0.3) is 5.91 Å². The Morgan fingerprint density at radius 3 is 2.08 bits per heavy atom. The van der Waals surface area contributed by atoms with Gasteiger partial charge in [0.1, 0.15) is 5.75 Å². The van der Waals surface area contributed by atoms with Crippen LogP contribution in [0.15, 0.2) is 50.4 Å². The van der Waals surface area contributed by atoms with E-state index in [0.29, 0.717) is 37.5 Å². The van der Waals surface area contributed by atoms with Crippen LogP contribution in [0, 0.1) is 17.4 Å². The number of esters is 1. The SMILES string of the molecule is COc1cc(C(=O)Oc2c(Br)cc(Br)cc2C=NNC(=O)COc2c(C)cc(I)cc2C)cc(OC)c1OC. The molecule has 39 heavy (non-hydrogen) atoms. The lowest BCUT2D eigenvalue weighted by Gasteiger charge is -2.15. The Labute approximate surface area is 256 Å². The van der Waals surface area contributed by atoms with Gasteiger partial charge in [-0.15, -0.1) is 0 Å². The van der Waals surface area contributed by atoms with Gasteiger partial charge in [-0.05, 0) is 99.9 Å². The Kier molecular flexibility index (Phi) is 11.0.